The van der Waals surface area contributed by atoms with Gasteiger partial charge in [-0.05, 0) is 12.0 Å². The van der Waals surface area contributed by atoms with E-state index in [0.717, 1.165) is 0 Å². The molecule has 0 radical (unpaired) electrons. The third kappa shape index (κ3) is 5.01. The molecule has 0 heterocycles. The molecule has 0 fully saturated rings. The van der Waals surface area contributed by atoms with E-state index in [1.54, 1.807) is 6.92 Å². The molecule has 0 rings (SSSR count). The van der Waals surface area contributed by atoms with Gasteiger partial charge in [0.05, 0.1) is 21.4 Å². The van der Waals surface area contributed by atoms with Crippen LogP contribution in [0.3, 0.4) is 0 Å². The number of rotatable bonds is 5. The second-order valence-electron chi connectivity index (χ2n) is 8.38. The molecule has 0 aliphatic carbocycles. The third-order valence-electron chi connectivity index (χ3n) is 4.33. The van der Waals surface area contributed by atoms with Gasteiger partial charge in [-0.25, -0.2) is 0 Å². The predicted molar refractivity (Wildman–Crippen MR) is 89.9 cm³/mol. The van der Waals surface area contributed by atoms with Crippen LogP contribution in [0, 0.1) is 0 Å². The van der Waals surface area contributed by atoms with Crippen molar-refractivity contribution >= 4 is 21.9 Å². The van der Waals surface area contributed by atoms with Crippen LogP contribution in [-0.2, 0) is 4.79 Å². The fraction of sp³-hybridized carbons (Fsp3) is 0.800. The van der Waals surface area contributed by atoms with Gasteiger partial charge < -0.3 is 5.11 Å². The van der Waals surface area contributed by atoms with Crippen LogP contribution < -0.4 is 0 Å². The first-order chi connectivity index (χ1) is 8.12. The Morgan fingerprint density at radius 2 is 1.53 bits per heavy atom. The van der Waals surface area contributed by atoms with Crippen molar-refractivity contribution < 1.29 is 9.90 Å². The summed E-state index contributed by atoms with van der Waals surface area (Å²) in [5.41, 5.74) is 2.18. The summed E-state index contributed by atoms with van der Waals surface area (Å²) in [6, 6.07) is 0. The zero-order valence-corrected chi connectivity index (χ0v) is 16.2. The van der Waals surface area contributed by atoms with Crippen molar-refractivity contribution in [3.05, 3.63) is 11.8 Å². The van der Waals surface area contributed by atoms with E-state index in [0.29, 0.717) is 0 Å². The summed E-state index contributed by atoms with van der Waals surface area (Å²) in [6.07, 6.45) is 2.20. The SMILES string of the molecule is CC(=O)CC(O)(/C=C/[Si](C)(C)C)[Si](C)(C)C(C)(C)C. The third-order valence-corrected chi connectivity index (χ3v) is 11.8. The molecule has 0 spiro atoms. The van der Waals surface area contributed by atoms with Gasteiger partial charge >= 0.3 is 0 Å². The zero-order valence-electron chi connectivity index (χ0n) is 14.2. The van der Waals surface area contributed by atoms with Gasteiger partial charge in [0, 0.05) is 6.42 Å². The van der Waals surface area contributed by atoms with Crippen LogP contribution in [0.1, 0.15) is 34.1 Å². The van der Waals surface area contributed by atoms with Crippen molar-refractivity contribution in [2.45, 2.75) is 77.1 Å². The molecular weight excluding hydrogens is 268 g/mol. The largest absolute Gasteiger partial charge is 0.389 e. The quantitative estimate of drug-likeness (QED) is 0.773. The van der Waals surface area contributed by atoms with E-state index < -0.39 is 21.4 Å². The number of hydrogen-bond donors (Lipinski definition) is 1. The maximum atomic E-state index is 11.6. The molecule has 0 bridgehead atoms. The lowest BCUT2D eigenvalue weighted by molar-refractivity contribution is -0.119. The summed E-state index contributed by atoms with van der Waals surface area (Å²) in [4.78, 5) is 11.6. The minimum absolute atomic E-state index is 0.0426. The van der Waals surface area contributed by atoms with Crippen molar-refractivity contribution in [1.29, 1.82) is 0 Å². The van der Waals surface area contributed by atoms with Crippen molar-refractivity contribution in [2.75, 3.05) is 0 Å². The highest BCUT2D eigenvalue weighted by Crippen LogP contribution is 2.45. The smallest absolute Gasteiger partial charge is 0.132 e. The van der Waals surface area contributed by atoms with Crippen LogP contribution in [0.5, 0.6) is 0 Å². The highest BCUT2D eigenvalue weighted by atomic mass is 28.3. The van der Waals surface area contributed by atoms with Crippen LogP contribution in [0.15, 0.2) is 11.8 Å². The molecule has 1 unspecified atom stereocenters. The topological polar surface area (TPSA) is 37.3 Å². The van der Waals surface area contributed by atoms with Crippen molar-refractivity contribution in [3.63, 3.8) is 0 Å². The van der Waals surface area contributed by atoms with Gasteiger partial charge in [0.25, 0.3) is 0 Å². The highest BCUT2D eigenvalue weighted by molar-refractivity contribution is 6.84. The standard InChI is InChI=1S/C15H32O2Si2/c1-13(16)12-15(17,10-11-18(5,6)7)19(8,9)14(2,3)4/h10-11,17H,12H2,1-9H3/b11-10+. The van der Waals surface area contributed by atoms with Crippen molar-refractivity contribution in [3.8, 4) is 0 Å². The van der Waals surface area contributed by atoms with Crippen LogP contribution in [0.4, 0.5) is 0 Å². The van der Waals surface area contributed by atoms with E-state index in [1.165, 1.54) is 0 Å². The summed E-state index contributed by atoms with van der Waals surface area (Å²) >= 11 is 0. The van der Waals surface area contributed by atoms with Crippen LogP contribution in [0.25, 0.3) is 0 Å². The molecule has 0 amide bonds. The Bertz CT molecular complexity index is 359. The Labute approximate surface area is 121 Å². The maximum absolute atomic E-state index is 11.6. The molecule has 1 atom stereocenters. The summed E-state index contributed by atoms with van der Waals surface area (Å²) in [6.45, 7) is 19.2. The van der Waals surface area contributed by atoms with E-state index in [9.17, 15) is 9.90 Å². The molecule has 1 N–H and O–H groups in total. The van der Waals surface area contributed by atoms with Crippen LogP contribution >= 0.6 is 0 Å². The van der Waals surface area contributed by atoms with Gasteiger partial charge in [-0.3, -0.25) is 4.79 Å². The minimum atomic E-state index is -2.05. The number of aliphatic hydroxyl groups is 1. The lowest BCUT2D eigenvalue weighted by Gasteiger charge is -2.48. The molecule has 0 saturated heterocycles. The summed E-state index contributed by atoms with van der Waals surface area (Å²) in [7, 11) is -3.44. The summed E-state index contributed by atoms with van der Waals surface area (Å²) in [5, 5.41) is 10.3. The first-order valence-electron chi connectivity index (χ1n) is 7.05. The predicted octanol–water partition coefficient (Wildman–Crippen LogP) is 4.18. The second kappa shape index (κ2) is 5.66. The molecule has 0 aromatic rings. The second-order valence-corrected chi connectivity index (χ2v) is 19.1. The zero-order chi connectivity index (χ0) is 15.7. The molecule has 4 heteroatoms. The highest BCUT2D eigenvalue weighted by Gasteiger charge is 2.51. The number of ketones is 1. The first-order valence-corrected chi connectivity index (χ1v) is 13.6. The van der Waals surface area contributed by atoms with Crippen LogP contribution in [-0.4, -0.2) is 32.3 Å². The van der Waals surface area contributed by atoms with E-state index in [-0.39, 0.29) is 17.2 Å². The first kappa shape index (κ1) is 18.8. The van der Waals surface area contributed by atoms with Gasteiger partial charge in [-0.15, -0.1) is 0 Å². The van der Waals surface area contributed by atoms with E-state index in [1.807, 2.05) is 6.08 Å². The maximum Gasteiger partial charge on any atom is 0.132 e. The van der Waals surface area contributed by atoms with Gasteiger partial charge in [0.15, 0.2) is 0 Å². The van der Waals surface area contributed by atoms with Crippen LogP contribution in [0.2, 0.25) is 37.8 Å². The van der Waals surface area contributed by atoms with Gasteiger partial charge in [-0.2, -0.15) is 0 Å². The Morgan fingerprint density at radius 3 is 1.79 bits per heavy atom. The van der Waals surface area contributed by atoms with Gasteiger partial charge in [0.1, 0.15) is 5.78 Å². The number of carbonyl (C=O) groups is 1. The number of carbonyl (C=O) groups excluding carboxylic acids is 1. The van der Waals surface area contributed by atoms with Crippen molar-refractivity contribution in [2.24, 2.45) is 0 Å². The normalized spacial score (nSPS) is 17.6. The number of hydrogen-bond acceptors (Lipinski definition) is 2. The molecule has 112 valence electrons. The van der Waals surface area contributed by atoms with Gasteiger partial charge in [0.2, 0.25) is 0 Å². The van der Waals surface area contributed by atoms with Crippen molar-refractivity contribution in [1.82, 2.24) is 0 Å². The number of Topliss-reactive ketones (excluding diaryl/α,β-unsaturated/α-hetero) is 1. The lowest BCUT2D eigenvalue weighted by atomic mass is 10.2. The van der Waals surface area contributed by atoms with E-state index in [4.69, 9.17) is 0 Å². The molecule has 0 aromatic heterocycles. The summed E-state index contributed by atoms with van der Waals surface area (Å²) in [5.74, 6) is 0.0625. The summed E-state index contributed by atoms with van der Waals surface area (Å²) < 4.78 is 0. The Balaban J connectivity index is 5.67. The molecule has 0 aromatic carbocycles. The lowest BCUT2D eigenvalue weighted by Crippen LogP contribution is -2.59. The molecule has 2 nitrogen and oxygen atoms in total. The monoisotopic (exact) mass is 300 g/mol. The fourth-order valence-corrected chi connectivity index (χ4v) is 5.34. The molecule has 19 heavy (non-hydrogen) atoms. The Hall–Kier alpha value is -0.196. The minimum Gasteiger partial charge on any atom is -0.389 e. The molecular formula is C15H32O2Si2. The fourth-order valence-electron chi connectivity index (χ4n) is 1.90. The molecule has 0 saturated carbocycles. The van der Waals surface area contributed by atoms with E-state index in [2.05, 4.69) is 59.2 Å². The average Bonchev–Trinajstić information content (AvgIpc) is 2.10. The van der Waals surface area contributed by atoms with E-state index >= 15 is 0 Å². The molecule has 0 aliphatic rings. The van der Waals surface area contributed by atoms with Gasteiger partial charge in [-0.1, -0.05) is 65.3 Å². The Kier molecular flexibility index (Phi) is 5.60. The Morgan fingerprint density at radius 1 is 1.11 bits per heavy atom. The molecule has 0 aliphatic heterocycles. The average molecular weight is 301 g/mol.